The molecule has 3 heteroatoms. The number of hydrogen-bond acceptors (Lipinski definition) is 3. The van der Waals surface area contributed by atoms with E-state index in [9.17, 15) is 0 Å². The monoisotopic (exact) mass is 284 g/mol. The first kappa shape index (κ1) is 17.9. The highest BCUT2D eigenvalue weighted by molar-refractivity contribution is 4.80. The maximum Gasteiger partial charge on any atom is 0.0471 e. The molecule has 0 amide bonds. The standard InChI is InChI=1S/C17H36N2O/c1-16(2,3)15(7-10-18)6-5-11-19-14-17(4)8-12-20-13-9-17/h15,19H,5-14,18H2,1-4H3. The number of ether oxygens (including phenoxy) is 1. The minimum absolute atomic E-state index is 0.381. The van der Waals surface area contributed by atoms with Crippen molar-refractivity contribution in [2.45, 2.75) is 59.8 Å². The van der Waals surface area contributed by atoms with Gasteiger partial charge >= 0.3 is 0 Å². The van der Waals surface area contributed by atoms with Crippen LogP contribution in [0.3, 0.4) is 0 Å². The largest absolute Gasteiger partial charge is 0.381 e. The van der Waals surface area contributed by atoms with Crippen LogP contribution in [0.25, 0.3) is 0 Å². The van der Waals surface area contributed by atoms with Gasteiger partial charge in [0.2, 0.25) is 0 Å². The average molecular weight is 284 g/mol. The number of hydrogen-bond donors (Lipinski definition) is 2. The third-order valence-electron chi connectivity index (χ3n) is 4.90. The Morgan fingerprint density at radius 1 is 1.20 bits per heavy atom. The number of rotatable bonds is 8. The van der Waals surface area contributed by atoms with E-state index >= 15 is 0 Å². The fourth-order valence-corrected chi connectivity index (χ4v) is 3.12. The molecule has 0 aromatic heterocycles. The molecule has 0 aromatic rings. The Bertz CT molecular complexity index is 254. The predicted molar refractivity (Wildman–Crippen MR) is 86.9 cm³/mol. The summed E-state index contributed by atoms with van der Waals surface area (Å²) in [6.07, 6.45) is 6.08. The van der Waals surface area contributed by atoms with Crippen LogP contribution in [0, 0.1) is 16.7 Å². The highest BCUT2D eigenvalue weighted by Crippen LogP contribution is 2.32. The molecule has 1 unspecified atom stereocenters. The Morgan fingerprint density at radius 2 is 1.85 bits per heavy atom. The maximum atomic E-state index is 5.74. The molecule has 1 saturated heterocycles. The van der Waals surface area contributed by atoms with Crippen LogP contribution < -0.4 is 11.1 Å². The van der Waals surface area contributed by atoms with Crippen molar-refractivity contribution >= 4 is 0 Å². The van der Waals surface area contributed by atoms with Gasteiger partial charge in [-0.2, -0.15) is 0 Å². The van der Waals surface area contributed by atoms with E-state index in [1.54, 1.807) is 0 Å². The molecular formula is C17H36N2O. The van der Waals surface area contributed by atoms with Gasteiger partial charge in [-0.1, -0.05) is 27.7 Å². The Balaban J connectivity index is 2.17. The van der Waals surface area contributed by atoms with E-state index in [0.717, 1.165) is 45.2 Å². The summed E-state index contributed by atoms with van der Waals surface area (Å²) in [5, 5.41) is 3.66. The lowest BCUT2D eigenvalue weighted by Crippen LogP contribution is -2.37. The topological polar surface area (TPSA) is 47.3 Å². The van der Waals surface area contributed by atoms with Crippen LogP contribution in [-0.2, 0) is 4.74 Å². The minimum atomic E-state index is 0.381. The SMILES string of the molecule is CC1(CNCCCC(CCN)C(C)(C)C)CCOCC1. The Hall–Kier alpha value is -0.120. The Kier molecular flexibility index (Phi) is 7.49. The van der Waals surface area contributed by atoms with Gasteiger partial charge in [-0.05, 0) is 61.9 Å². The maximum absolute atomic E-state index is 5.74. The third kappa shape index (κ3) is 6.55. The molecule has 1 atom stereocenters. The van der Waals surface area contributed by atoms with E-state index in [1.165, 1.54) is 25.7 Å². The molecule has 3 nitrogen and oxygen atoms in total. The van der Waals surface area contributed by atoms with E-state index in [4.69, 9.17) is 10.5 Å². The zero-order chi connectivity index (χ0) is 15.1. The van der Waals surface area contributed by atoms with Gasteiger partial charge in [0.25, 0.3) is 0 Å². The molecule has 1 aliphatic heterocycles. The second-order valence-electron chi connectivity index (χ2n) is 7.88. The van der Waals surface area contributed by atoms with Crippen LogP contribution in [0.4, 0.5) is 0 Å². The fourth-order valence-electron chi connectivity index (χ4n) is 3.12. The van der Waals surface area contributed by atoms with E-state index < -0.39 is 0 Å². The summed E-state index contributed by atoms with van der Waals surface area (Å²) >= 11 is 0. The summed E-state index contributed by atoms with van der Waals surface area (Å²) < 4.78 is 5.45. The summed E-state index contributed by atoms with van der Waals surface area (Å²) in [7, 11) is 0. The van der Waals surface area contributed by atoms with Crippen molar-refractivity contribution in [3.63, 3.8) is 0 Å². The molecule has 0 radical (unpaired) electrons. The Labute approximate surface area is 126 Å². The van der Waals surface area contributed by atoms with E-state index in [0.29, 0.717) is 10.8 Å². The lowest BCUT2D eigenvalue weighted by Gasteiger charge is -2.34. The smallest absolute Gasteiger partial charge is 0.0471 e. The lowest BCUT2D eigenvalue weighted by molar-refractivity contribution is 0.0241. The number of nitrogens with two attached hydrogens (primary N) is 1. The van der Waals surface area contributed by atoms with Gasteiger partial charge in [-0.15, -0.1) is 0 Å². The second-order valence-corrected chi connectivity index (χ2v) is 7.88. The summed E-state index contributed by atoms with van der Waals surface area (Å²) in [6, 6.07) is 0. The summed E-state index contributed by atoms with van der Waals surface area (Å²) in [4.78, 5) is 0. The van der Waals surface area contributed by atoms with Crippen molar-refractivity contribution in [1.82, 2.24) is 5.32 Å². The third-order valence-corrected chi connectivity index (χ3v) is 4.90. The first-order valence-electron chi connectivity index (χ1n) is 8.36. The van der Waals surface area contributed by atoms with Crippen LogP contribution >= 0.6 is 0 Å². The summed E-state index contributed by atoms with van der Waals surface area (Å²) in [6.45, 7) is 14.3. The molecule has 120 valence electrons. The van der Waals surface area contributed by atoms with E-state index in [1.807, 2.05) is 0 Å². The zero-order valence-electron chi connectivity index (χ0n) is 14.1. The lowest BCUT2D eigenvalue weighted by atomic mass is 9.76. The molecule has 0 aromatic carbocycles. The predicted octanol–water partition coefficient (Wildman–Crippen LogP) is 3.18. The molecule has 1 aliphatic rings. The first-order valence-corrected chi connectivity index (χ1v) is 8.36. The minimum Gasteiger partial charge on any atom is -0.381 e. The molecule has 1 fully saturated rings. The summed E-state index contributed by atoms with van der Waals surface area (Å²) in [5.41, 5.74) is 6.57. The molecule has 1 heterocycles. The highest BCUT2D eigenvalue weighted by atomic mass is 16.5. The van der Waals surface area contributed by atoms with Crippen molar-refractivity contribution in [2.75, 3.05) is 32.8 Å². The fraction of sp³-hybridized carbons (Fsp3) is 1.00. The van der Waals surface area contributed by atoms with Crippen molar-refractivity contribution < 1.29 is 4.74 Å². The Morgan fingerprint density at radius 3 is 2.40 bits per heavy atom. The van der Waals surface area contributed by atoms with Gasteiger partial charge < -0.3 is 15.8 Å². The van der Waals surface area contributed by atoms with Gasteiger partial charge in [-0.3, -0.25) is 0 Å². The van der Waals surface area contributed by atoms with E-state index in [2.05, 4.69) is 33.0 Å². The molecule has 1 rings (SSSR count). The summed E-state index contributed by atoms with van der Waals surface area (Å²) in [5.74, 6) is 0.743. The molecule has 3 N–H and O–H groups in total. The molecule has 20 heavy (non-hydrogen) atoms. The highest BCUT2D eigenvalue weighted by Gasteiger charge is 2.27. The average Bonchev–Trinajstić information content (AvgIpc) is 2.36. The molecular weight excluding hydrogens is 248 g/mol. The van der Waals surface area contributed by atoms with Crippen molar-refractivity contribution in [1.29, 1.82) is 0 Å². The normalized spacial score (nSPS) is 20.9. The van der Waals surface area contributed by atoms with Crippen LogP contribution in [0.2, 0.25) is 0 Å². The van der Waals surface area contributed by atoms with Crippen molar-refractivity contribution in [3.8, 4) is 0 Å². The quantitative estimate of drug-likeness (QED) is 0.673. The first-order chi connectivity index (χ1) is 9.37. The van der Waals surface area contributed by atoms with Crippen LogP contribution in [0.1, 0.15) is 59.8 Å². The zero-order valence-corrected chi connectivity index (χ0v) is 14.1. The van der Waals surface area contributed by atoms with Crippen molar-refractivity contribution in [3.05, 3.63) is 0 Å². The van der Waals surface area contributed by atoms with Gasteiger partial charge in [0, 0.05) is 19.8 Å². The molecule has 0 spiro atoms. The van der Waals surface area contributed by atoms with Gasteiger partial charge in [0.05, 0.1) is 0 Å². The van der Waals surface area contributed by atoms with Gasteiger partial charge in [0.15, 0.2) is 0 Å². The number of nitrogens with one attached hydrogen (secondary N) is 1. The molecule has 0 bridgehead atoms. The molecule has 0 aliphatic carbocycles. The van der Waals surface area contributed by atoms with Crippen LogP contribution in [-0.4, -0.2) is 32.8 Å². The molecule has 0 saturated carbocycles. The van der Waals surface area contributed by atoms with Crippen LogP contribution in [0.5, 0.6) is 0 Å². The van der Waals surface area contributed by atoms with Gasteiger partial charge in [0.1, 0.15) is 0 Å². The van der Waals surface area contributed by atoms with E-state index in [-0.39, 0.29) is 0 Å². The van der Waals surface area contributed by atoms with Gasteiger partial charge in [-0.25, -0.2) is 0 Å². The van der Waals surface area contributed by atoms with Crippen molar-refractivity contribution in [2.24, 2.45) is 22.5 Å². The van der Waals surface area contributed by atoms with Crippen LogP contribution in [0.15, 0.2) is 0 Å². The second kappa shape index (κ2) is 8.35.